The third-order valence-electron chi connectivity index (χ3n) is 1.91. The number of phenolic OH excluding ortho intramolecular Hbond substituents is 1. The monoisotopic (exact) mass is 173 g/mol. The van der Waals surface area contributed by atoms with Crippen molar-refractivity contribution in [2.45, 2.75) is 6.42 Å². The predicted molar refractivity (Wildman–Crippen MR) is 47.2 cm³/mol. The number of fused-ring (bicyclic) bond motifs is 1. The summed E-state index contributed by atoms with van der Waals surface area (Å²) in [5.74, 6) is 0.188. The molecule has 0 saturated heterocycles. The number of nitriles is 1. The fraction of sp³-hybridized carbons (Fsp3) is 0.100. The van der Waals surface area contributed by atoms with E-state index in [1.807, 2.05) is 6.07 Å². The van der Waals surface area contributed by atoms with Crippen molar-refractivity contribution in [1.82, 2.24) is 0 Å². The first kappa shape index (κ1) is 7.69. The Kier molecular flexibility index (Phi) is 1.67. The Bertz CT molecular complexity index is 479. The van der Waals surface area contributed by atoms with Gasteiger partial charge in [0.05, 0.1) is 18.8 Å². The molecule has 0 unspecified atom stereocenters. The van der Waals surface area contributed by atoms with Crippen LogP contribution < -0.4 is 0 Å². The topological polar surface area (TPSA) is 57.2 Å². The van der Waals surface area contributed by atoms with Crippen LogP contribution in [0.4, 0.5) is 0 Å². The van der Waals surface area contributed by atoms with E-state index in [0.717, 1.165) is 10.9 Å². The lowest BCUT2D eigenvalue weighted by Gasteiger charge is -1.92. The van der Waals surface area contributed by atoms with E-state index in [-0.39, 0.29) is 5.75 Å². The summed E-state index contributed by atoms with van der Waals surface area (Å²) in [6.45, 7) is 0. The van der Waals surface area contributed by atoms with Gasteiger partial charge in [0.15, 0.2) is 0 Å². The summed E-state index contributed by atoms with van der Waals surface area (Å²) in [6.07, 6.45) is 1.85. The number of aromatic hydroxyl groups is 1. The van der Waals surface area contributed by atoms with Crippen molar-refractivity contribution >= 4 is 11.0 Å². The molecule has 0 aliphatic carbocycles. The normalized spacial score (nSPS) is 10.1. The first-order valence-electron chi connectivity index (χ1n) is 3.87. The van der Waals surface area contributed by atoms with Gasteiger partial charge in [0, 0.05) is 10.9 Å². The van der Waals surface area contributed by atoms with Crippen LogP contribution in [0.2, 0.25) is 0 Å². The molecule has 1 N–H and O–H groups in total. The molecule has 1 heterocycles. The number of rotatable bonds is 1. The molecule has 2 rings (SSSR count). The molecule has 0 atom stereocenters. The van der Waals surface area contributed by atoms with E-state index in [1.165, 1.54) is 0 Å². The van der Waals surface area contributed by atoms with Crippen LogP contribution in [0.5, 0.6) is 5.75 Å². The molecule has 0 fully saturated rings. The van der Waals surface area contributed by atoms with Gasteiger partial charge in [0.2, 0.25) is 0 Å². The van der Waals surface area contributed by atoms with Crippen LogP contribution in [0.1, 0.15) is 5.56 Å². The number of phenols is 1. The summed E-state index contributed by atoms with van der Waals surface area (Å²) in [6, 6.07) is 6.89. The van der Waals surface area contributed by atoms with Gasteiger partial charge in [-0.1, -0.05) is 0 Å². The van der Waals surface area contributed by atoms with Crippen molar-refractivity contribution in [3.63, 3.8) is 0 Å². The van der Waals surface area contributed by atoms with E-state index in [0.29, 0.717) is 12.0 Å². The largest absolute Gasteiger partial charge is 0.508 e. The molecule has 64 valence electrons. The van der Waals surface area contributed by atoms with Crippen LogP contribution in [0.15, 0.2) is 28.9 Å². The highest BCUT2D eigenvalue weighted by molar-refractivity contribution is 5.82. The Balaban J connectivity index is 2.66. The average Bonchev–Trinajstić information content (AvgIpc) is 2.49. The van der Waals surface area contributed by atoms with Crippen LogP contribution in [0.25, 0.3) is 11.0 Å². The molecule has 0 spiro atoms. The fourth-order valence-electron chi connectivity index (χ4n) is 1.29. The van der Waals surface area contributed by atoms with E-state index in [9.17, 15) is 5.11 Å². The summed E-state index contributed by atoms with van der Waals surface area (Å²) in [5, 5.41) is 18.5. The average molecular weight is 173 g/mol. The second-order valence-electron chi connectivity index (χ2n) is 2.78. The van der Waals surface area contributed by atoms with Gasteiger partial charge in [-0.3, -0.25) is 0 Å². The van der Waals surface area contributed by atoms with Gasteiger partial charge in [-0.15, -0.1) is 0 Å². The second-order valence-corrected chi connectivity index (χ2v) is 2.78. The molecule has 0 aliphatic rings. The maximum Gasteiger partial charge on any atom is 0.134 e. The Labute approximate surface area is 74.8 Å². The molecule has 1 aromatic heterocycles. The molecular weight excluding hydrogens is 166 g/mol. The standard InChI is InChI=1S/C10H7NO2/c11-4-3-7-6-13-10-2-1-8(12)5-9(7)10/h1-2,5-6,12H,3H2. The summed E-state index contributed by atoms with van der Waals surface area (Å²) >= 11 is 0. The molecule has 0 aliphatic heterocycles. The van der Waals surface area contributed by atoms with E-state index < -0.39 is 0 Å². The number of furan rings is 1. The van der Waals surface area contributed by atoms with Crippen molar-refractivity contribution in [3.8, 4) is 11.8 Å². The molecule has 0 bridgehead atoms. The highest BCUT2D eigenvalue weighted by Gasteiger charge is 2.05. The molecule has 0 saturated carbocycles. The van der Waals surface area contributed by atoms with Crippen LogP contribution >= 0.6 is 0 Å². The van der Waals surface area contributed by atoms with E-state index in [4.69, 9.17) is 9.68 Å². The maximum atomic E-state index is 9.22. The third-order valence-corrected chi connectivity index (χ3v) is 1.91. The van der Waals surface area contributed by atoms with E-state index >= 15 is 0 Å². The molecule has 13 heavy (non-hydrogen) atoms. The lowest BCUT2D eigenvalue weighted by molar-refractivity contribution is 0.476. The molecule has 2 aromatic rings. The van der Waals surface area contributed by atoms with Crippen LogP contribution in [-0.2, 0) is 6.42 Å². The first-order valence-corrected chi connectivity index (χ1v) is 3.87. The van der Waals surface area contributed by atoms with Crippen molar-refractivity contribution < 1.29 is 9.52 Å². The second kappa shape index (κ2) is 2.83. The molecule has 3 heteroatoms. The lowest BCUT2D eigenvalue weighted by atomic mass is 10.1. The minimum atomic E-state index is 0.188. The van der Waals surface area contributed by atoms with Gasteiger partial charge in [-0.2, -0.15) is 5.26 Å². The zero-order valence-electron chi connectivity index (χ0n) is 6.82. The number of hydrogen-bond donors (Lipinski definition) is 1. The Morgan fingerprint density at radius 3 is 3.08 bits per heavy atom. The molecule has 1 aromatic carbocycles. The summed E-state index contributed by atoms with van der Waals surface area (Å²) in [5.41, 5.74) is 1.51. The molecular formula is C10H7NO2. The molecule has 3 nitrogen and oxygen atoms in total. The number of nitrogens with zero attached hydrogens (tertiary/aromatic N) is 1. The van der Waals surface area contributed by atoms with Gasteiger partial charge in [0.1, 0.15) is 11.3 Å². The van der Waals surface area contributed by atoms with Crippen LogP contribution in [0, 0.1) is 11.3 Å². The van der Waals surface area contributed by atoms with Crippen LogP contribution in [0.3, 0.4) is 0 Å². The zero-order valence-corrected chi connectivity index (χ0v) is 6.82. The van der Waals surface area contributed by atoms with Crippen molar-refractivity contribution in [2.24, 2.45) is 0 Å². The van der Waals surface area contributed by atoms with Crippen LogP contribution in [-0.4, -0.2) is 5.11 Å². The third kappa shape index (κ3) is 1.23. The highest BCUT2D eigenvalue weighted by Crippen LogP contribution is 2.25. The lowest BCUT2D eigenvalue weighted by Crippen LogP contribution is -1.76. The molecule has 0 radical (unpaired) electrons. The quantitative estimate of drug-likeness (QED) is 0.719. The number of benzene rings is 1. The minimum Gasteiger partial charge on any atom is -0.508 e. The Hall–Kier alpha value is -1.95. The minimum absolute atomic E-state index is 0.188. The fourth-order valence-corrected chi connectivity index (χ4v) is 1.29. The smallest absolute Gasteiger partial charge is 0.134 e. The zero-order chi connectivity index (χ0) is 9.26. The first-order chi connectivity index (χ1) is 6.31. The van der Waals surface area contributed by atoms with Gasteiger partial charge in [0.25, 0.3) is 0 Å². The van der Waals surface area contributed by atoms with Crippen molar-refractivity contribution in [3.05, 3.63) is 30.0 Å². The predicted octanol–water partition coefficient (Wildman–Crippen LogP) is 2.20. The summed E-state index contributed by atoms with van der Waals surface area (Å²) < 4.78 is 5.19. The highest BCUT2D eigenvalue weighted by atomic mass is 16.3. The number of hydrogen-bond acceptors (Lipinski definition) is 3. The van der Waals surface area contributed by atoms with Crippen molar-refractivity contribution in [2.75, 3.05) is 0 Å². The Morgan fingerprint density at radius 2 is 2.31 bits per heavy atom. The Morgan fingerprint density at radius 1 is 1.46 bits per heavy atom. The summed E-state index contributed by atoms with van der Waals surface area (Å²) in [4.78, 5) is 0. The summed E-state index contributed by atoms with van der Waals surface area (Å²) in [7, 11) is 0. The maximum absolute atomic E-state index is 9.22. The van der Waals surface area contributed by atoms with E-state index in [1.54, 1.807) is 24.5 Å². The van der Waals surface area contributed by atoms with E-state index in [2.05, 4.69) is 0 Å². The van der Waals surface area contributed by atoms with Gasteiger partial charge < -0.3 is 9.52 Å². The van der Waals surface area contributed by atoms with Gasteiger partial charge >= 0.3 is 0 Å². The SMILES string of the molecule is N#CCc1coc2ccc(O)cc12. The van der Waals surface area contributed by atoms with Crippen molar-refractivity contribution in [1.29, 1.82) is 5.26 Å². The van der Waals surface area contributed by atoms with Gasteiger partial charge in [-0.05, 0) is 18.2 Å². The van der Waals surface area contributed by atoms with Gasteiger partial charge in [-0.25, -0.2) is 0 Å². The molecule has 0 amide bonds.